The van der Waals surface area contributed by atoms with Crippen LogP contribution < -0.4 is 0 Å². The molecule has 0 aromatic heterocycles. The number of aliphatic hydroxyl groups is 1. The normalized spacial score (nSPS) is 14.1. The highest BCUT2D eigenvalue weighted by atomic mass is 32.2. The summed E-state index contributed by atoms with van der Waals surface area (Å²) in [6.07, 6.45) is 1.88. The molecule has 68 valence electrons. The molecule has 0 aliphatic rings. The van der Waals surface area contributed by atoms with E-state index in [4.69, 9.17) is 0 Å². The number of benzene rings is 1. The maximum Gasteiger partial charge on any atom is 0.149 e. The molecule has 1 rings (SSSR count). The molecule has 0 spiro atoms. The van der Waals surface area contributed by atoms with E-state index in [1.54, 1.807) is 6.92 Å². The third kappa shape index (κ3) is 2.80. The van der Waals surface area contributed by atoms with Gasteiger partial charge in [-0.1, -0.05) is 48.0 Å². The van der Waals surface area contributed by atoms with Crippen molar-refractivity contribution in [2.45, 2.75) is 12.5 Å². The third-order valence-electron chi connectivity index (χ3n) is 1.73. The zero-order valence-corrected chi connectivity index (χ0v) is 8.56. The van der Waals surface area contributed by atoms with Crippen molar-refractivity contribution in [2.75, 3.05) is 6.26 Å². The van der Waals surface area contributed by atoms with Crippen molar-refractivity contribution < 1.29 is 5.11 Å². The van der Waals surface area contributed by atoms with Crippen LogP contribution in [0.15, 0.2) is 30.3 Å². The summed E-state index contributed by atoms with van der Waals surface area (Å²) < 4.78 is 0. The van der Waals surface area contributed by atoms with Crippen LogP contribution in [0.5, 0.6) is 0 Å². The molecule has 2 heteroatoms. The zero-order chi connectivity index (χ0) is 9.73. The standard InChI is InChI=1S/C11H12OS/c1-11(12,8-9-13-2)10-6-4-3-5-7-10/h3-7,12H,1-2H3. The highest BCUT2D eigenvalue weighted by molar-refractivity contribution is 8.03. The van der Waals surface area contributed by atoms with Gasteiger partial charge in [-0.25, -0.2) is 0 Å². The van der Waals surface area contributed by atoms with Crippen LogP contribution in [-0.4, -0.2) is 11.4 Å². The van der Waals surface area contributed by atoms with E-state index >= 15 is 0 Å². The van der Waals surface area contributed by atoms with E-state index in [0.29, 0.717) is 0 Å². The lowest BCUT2D eigenvalue weighted by Gasteiger charge is -2.16. The smallest absolute Gasteiger partial charge is 0.149 e. The van der Waals surface area contributed by atoms with E-state index in [0.717, 1.165) is 5.56 Å². The van der Waals surface area contributed by atoms with Crippen molar-refractivity contribution in [3.05, 3.63) is 35.9 Å². The average Bonchev–Trinajstić information content (AvgIpc) is 2.16. The molecule has 0 radical (unpaired) electrons. The van der Waals surface area contributed by atoms with E-state index < -0.39 is 5.60 Å². The molecule has 0 bridgehead atoms. The molecule has 0 heterocycles. The number of thioether (sulfide) groups is 1. The number of rotatable bonds is 1. The van der Waals surface area contributed by atoms with Crippen LogP contribution >= 0.6 is 11.8 Å². The van der Waals surface area contributed by atoms with Crippen LogP contribution in [0, 0.1) is 11.2 Å². The van der Waals surface area contributed by atoms with Gasteiger partial charge in [-0.2, -0.15) is 0 Å². The Morgan fingerprint density at radius 3 is 2.46 bits per heavy atom. The minimum atomic E-state index is -1.04. The fraction of sp³-hybridized carbons (Fsp3) is 0.273. The average molecular weight is 192 g/mol. The second-order valence-corrected chi connectivity index (χ2v) is 3.48. The Morgan fingerprint density at radius 2 is 1.92 bits per heavy atom. The molecule has 1 unspecified atom stereocenters. The van der Waals surface area contributed by atoms with Gasteiger partial charge in [0.1, 0.15) is 5.60 Å². The van der Waals surface area contributed by atoms with Crippen LogP contribution in [-0.2, 0) is 5.60 Å². The van der Waals surface area contributed by atoms with Crippen molar-refractivity contribution in [3.8, 4) is 11.2 Å². The first kappa shape index (κ1) is 10.2. The second kappa shape index (κ2) is 4.36. The van der Waals surface area contributed by atoms with Gasteiger partial charge in [0.2, 0.25) is 0 Å². The van der Waals surface area contributed by atoms with Crippen molar-refractivity contribution in [2.24, 2.45) is 0 Å². The second-order valence-electron chi connectivity index (χ2n) is 2.87. The van der Waals surface area contributed by atoms with E-state index in [-0.39, 0.29) is 0 Å². The molecule has 0 aliphatic carbocycles. The molecule has 1 aromatic carbocycles. The van der Waals surface area contributed by atoms with Gasteiger partial charge in [0.05, 0.1) is 0 Å². The summed E-state index contributed by atoms with van der Waals surface area (Å²) in [7, 11) is 0. The van der Waals surface area contributed by atoms with Gasteiger partial charge in [-0.05, 0) is 24.0 Å². The maximum atomic E-state index is 9.93. The quantitative estimate of drug-likeness (QED) is 0.688. The van der Waals surface area contributed by atoms with Crippen molar-refractivity contribution in [1.82, 2.24) is 0 Å². The summed E-state index contributed by atoms with van der Waals surface area (Å²) in [5.41, 5.74) is -0.207. The Bertz CT molecular complexity index is 319. The van der Waals surface area contributed by atoms with Gasteiger partial charge in [0.25, 0.3) is 0 Å². The molecule has 0 aliphatic heterocycles. The molecular formula is C11H12OS. The Labute approximate surface area is 83.2 Å². The lowest BCUT2D eigenvalue weighted by atomic mass is 9.97. The molecule has 0 amide bonds. The molecular weight excluding hydrogens is 180 g/mol. The summed E-state index contributed by atoms with van der Waals surface area (Å²) in [6.45, 7) is 1.70. The van der Waals surface area contributed by atoms with Crippen molar-refractivity contribution in [3.63, 3.8) is 0 Å². The minimum Gasteiger partial charge on any atom is -0.374 e. The van der Waals surface area contributed by atoms with Crippen molar-refractivity contribution in [1.29, 1.82) is 0 Å². The Balaban J connectivity index is 2.94. The zero-order valence-electron chi connectivity index (χ0n) is 7.74. The fourth-order valence-electron chi connectivity index (χ4n) is 0.985. The third-order valence-corrected chi connectivity index (χ3v) is 2.04. The number of hydrogen-bond donors (Lipinski definition) is 1. The first-order chi connectivity index (χ1) is 6.17. The van der Waals surface area contributed by atoms with Gasteiger partial charge in [0, 0.05) is 0 Å². The van der Waals surface area contributed by atoms with E-state index in [1.165, 1.54) is 11.8 Å². The van der Waals surface area contributed by atoms with Crippen LogP contribution in [0.1, 0.15) is 12.5 Å². The Hall–Kier alpha value is -0.910. The summed E-state index contributed by atoms with van der Waals surface area (Å²) in [4.78, 5) is 0. The van der Waals surface area contributed by atoms with Gasteiger partial charge in [-0.15, -0.1) is 0 Å². The molecule has 0 fully saturated rings. The highest BCUT2D eigenvalue weighted by Gasteiger charge is 2.18. The summed E-state index contributed by atoms with van der Waals surface area (Å²) >= 11 is 1.40. The van der Waals surface area contributed by atoms with Gasteiger partial charge < -0.3 is 5.11 Å². The topological polar surface area (TPSA) is 20.2 Å². The molecule has 13 heavy (non-hydrogen) atoms. The summed E-state index contributed by atoms with van der Waals surface area (Å²) in [6, 6.07) is 9.45. The molecule has 1 N–H and O–H groups in total. The lowest BCUT2D eigenvalue weighted by Crippen LogP contribution is -2.17. The molecule has 1 aromatic rings. The van der Waals surface area contributed by atoms with Crippen LogP contribution in [0.2, 0.25) is 0 Å². The predicted molar refractivity (Wildman–Crippen MR) is 57.3 cm³/mol. The van der Waals surface area contributed by atoms with E-state index in [1.807, 2.05) is 36.6 Å². The number of hydrogen-bond acceptors (Lipinski definition) is 2. The van der Waals surface area contributed by atoms with Crippen LogP contribution in [0.4, 0.5) is 0 Å². The molecule has 1 nitrogen and oxygen atoms in total. The Morgan fingerprint density at radius 1 is 1.31 bits per heavy atom. The summed E-state index contributed by atoms with van der Waals surface area (Å²) in [5, 5.41) is 12.7. The molecule has 0 saturated heterocycles. The minimum absolute atomic E-state index is 0.830. The lowest BCUT2D eigenvalue weighted by molar-refractivity contribution is 0.122. The molecule has 0 saturated carbocycles. The van der Waals surface area contributed by atoms with Gasteiger partial charge in [-0.3, -0.25) is 0 Å². The first-order valence-corrected chi connectivity index (χ1v) is 5.22. The van der Waals surface area contributed by atoms with Gasteiger partial charge in [0.15, 0.2) is 0 Å². The fourth-order valence-corrected chi connectivity index (χ4v) is 1.29. The summed E-state index contributed by atoms with van der Waals surface area (Å²) in [5.74, 6) is 2.79. The largest absolute Gasteiger partial charge is 0.374 e. The first-order valence-electron chi connectivity index (χ1n) is 4.00. The van der Waals surface area contributed by atoms with Crippen LogP contribution in [0.25, 0.3) is 0 Å². The maximum absolute atomic E-state index is 9.93. The SMILES string of the molecule is CSC#CC(C)(O)c1ccccc1. The monoisotopic (exact) mass is 192 g/mol. The van der Waals surface area contributed by atoms with Gasteiger partial charge >= 0.3 is 0 Å². The highest BCUT2D eigenvalue weighted by Crippen LogP contribution is 2.18. The Kier molecular flexibility index (Phi) is 3.41. The molecule has 1 atom stereocenters. The van der Waals surface area contributed by atoms with Crippen molar-refractivity contribution >= 4 is 11.8 Å². The van der Waals surface area contributed by atoms with Crippen LogP contribution in [0.3, 0.4) is 0 Å². The van der Waals surface area contributed by atoms with E-state index in [9.17, 15) is 5.11 Å². The van der Waals surface area contributed by atoms with E-state index in [2.05, 4.69) is 11.2 Å². The predicted octanol–water partition coefficient (Wildman–Crippen LogP) is 2.22.